The Bertz CT molecular complexity index is 89.6. The molecule has 2 heteroatoms. The number of hydrogen-bond donors (Lipinski definition) is 1. The van der Waals surface area contributed by atoms with Crippen LogP contribution in [0, 0.1) is 5.92 Å². The molecular formula is C9H20BN. The van der Waals surface area contributed by atoms with Crippen molar-refractivity contribution in [1.82, 2.24) is 0 Å². The lowest BCUT2D eigenvalue weighted by molar-refractivity contribution is 0.384. The molecule has 0 aromatic heterocycles. The Kier molecular flexibility index (Phi) is 4.68. The molecule has 2 N–H and O–H groups in total. The van der Waals surface area contributed by atoms with Crippen LogP contribution in [0.15, 0.2) is 0 Å². The summed E-state index contributed by atoms with van der Waals surface area (Å²) in [7, 11) is 1.36. The zero-order valence-corrected chi connectivity index (χ0v) is 7.52. The molecule has 1 fully saturated rings. The third-order valence-electron chi connectivity index (χ3n) is 2.79. The van der Waals surface area contributed by atoms with E-state index in [0.717, 1.165) is 12.5 Å². The Morgan fingerprint density at radius 3 is 2.55 bits per heavy atom. The van der Waals surface area contributed by atoms with Crippen LogP contribution in [0.2, 0.25) is 12.6 Å². The molecule has 0 aromatic rings. The van der Waals surface area contributed by atoms with Crippen molar-refractivity contribution in [3.05, 3.63) is 0 Å². The van der Waals surface area contributed by atoms with Crippen LogP contribution in [0.4, 0.5) is 0 Å². The SMILES string of the molecule is NCCBCC1CCCCC1. The minimum absolute atomic E-state index is 0.882. The lowest BCUT2D eigenvalue weighted by atomic mass is 9.64. The molecule has 1 rings (SSSR count). The third-order valence-corrected chi connectivity index (χ3v) is 2.79. The van der Waals surface area contributed by atoms with E-state index in [0.29, 0.717) is 0 Å². The summed E-state index contributed by atoms with van der Waals surface area (Å²) >= 11 is 0. The molecule has 1 saturated carbocycles. The highest BCUT2D eigenvalue weighted by Gasteiger charge is 2.12. The fraction of sp³-hybridized carbons (Fsp3) is 1.00. The normalized spacial score (nSPS) is 20.1. The second kappa shape index (κ2) is 5.65. The van der Waals surface area contributed by atoms with Gasteiger partial charge in [0.05, 0.1) is 0 Å². The highest BCUT2D eigenvalue weighted by atomic mass is 14.5. The Hall–Kier alpha value is 0.0249. The summed E-state index contributed by atoms with van der Waals surface area (Å²) in [5, 5.41) is 0. The van der Waals surface area contributed by atoms with E-state index < -0.39 is 0 Å². The average molecular weight is 153 g/mol. The van der Waals surface area contributed by atoms with Gasteiger partial charge in [0.2, 0.25) is 0 Å². The lowest BCUT2D eigenvalue weighted by Gasteiger charge is -2.20. The summed E-state index contributed by atoms with van der Waals surface area (Å²) in [6, 6.07) is 0. The van der Waals surface area contributed by atoms with Crippen molar-refractivity contribution in [3.63, 3.8) is 0 Å². The molecule has 0 bridgehead atoms. The lowest BCUT2D eigenvalue weighted by Crippen LogP contribution is -2.10. The molecule has 0 atom stereocenters. The summed E-state index contributed by atoms with van der Waals surface area (Å²) in [6.45, 7) is 0.882. The summed E-state index contributed by atoms with van der Waals surface area (Å²) in [5.41, 5.74) is 5.44. The first kappa shape index (κ1) is 9.12. The number of nitrogens with two attached hydrogens (primary N) is 1. The van der Waals surface area contributed by atoms with Gasteiger partial charge in [-0.05, 0) is 12.5 Å². The maximum Gasteiger partial charge on any atom is 0.122 e. The van der Waals surface area contributed by atoms with Gasteiger partial charge in [0.15, 0.2) is 0 Å². The number of rotatable bonds is 4. The molecule has 1 aliphatic rings. The van der Waals surface area contributed by atoms with Crippen LogP contribution in [-0.4, -0.2) is 13.8 Å². The molecule has 11 heavy (non-hydrogen) atoms. The predicted octanol–water partition coefficient (Wildman–Crippen LogP) is 1.80. The van der Waals surface area contributed by atoms with E-state index in [4.69, 9.17) is 5.73 Å². The predicted molar refractivity (Wildman–Crippen MR) is 52.4 cm³/mol. The van der Waals surface area contributed by atoms with Crippen LogP contribution < -0.4 is 5.73 Å². The first-order valence-electron chi connectivity index (χ1n) is 5.13. The minimum Gasteiger partial charge on any atom is -0.331 e. The zero-order valence-electron chi connectivity index (χ0n) is 7.52. The summed E-state index contributed by atoms with van der Waals surface area (Å²) in [4.78, 5) is 0. The molecule has 0 spiro atoms. The molecule has 1 aliphatic carbocycles. The van der Waals surface area contributed by atoms with E-state index in [1.807, 2.05) is 0 Å². The van der Waals surface area contributed by atoms with Crippen molar-refractivity contribution >= 4 is 7.28 Å². The Morgan fingerprint density at radius 2 is 1.91 bits per heavy atom. The maximum atomic E-state index is 5.44. The van der Waals surface area contributed by atoms with Crippen LogP contribution in [0.25, 0.3) is 0 Å². The fourth-order valence-electron chi connectivity index (χ4n) is 2.05. The van der Waals surface area contributed by atoms with E-state index in [1.54, 1.807) is 0 Å². The van der Waals surface area contributed by atoms with Crippen LogP contribution >= 0.6 is 0 Å². The van der Waals surface area contributed by atoms with E-state index in [9.17, 15) is 0 Å². The standard InChI is InChI=1S/C9H20BN/c11-7-6-10-8-9-4-2-1-3-5-9/h9-10H,1-8,11H2. The molecule has 0 unspecified atom stereocenters. The highest BCUT2D eigenvalue weighted by molar-refractivity contribution is 6.35. The summed E-state index contributed by atoms with van der Waals surface area (Å²) in [5.74, 6) is 1.05. The quantitative estimate of drug-likeness (QED) is 0.483. The largest absolute Gasteiger partial charge is 0.331 e. The molecule has 0 aliphatic heterocycles. The van der Waals surface area contributed by atoms with Crippen LogP contribution in [0.5, 0.6) is 0 Å². The summed E-state index contributed by atoms with van der Waals surface area (Å²) in [6.07, 6.45) is 10.1. The molecule has 1 nitrogen and oxygen atoms in total. The monoisotopic (exact) mass is 153 g/mol. The van der Waals surface area contributed by atoms with Crippen molar-refractivity contribution < 1.29 is 0 Å². The third kappa shape index (κ3) is 3.81. The van der Waals surface area contributed by atoms with Gasteiger partial charge < -0.3 is 5.73 Å². The van der Waals surface area contributed by atoms with Crippen molar-refractivity contribution in [2.45, 2.75) is 44.7 Å². The first-order valence-corrected chi connectivity index (χ1v) is 5.13. The molecule has 0 aromatic carbocycles. The molecule has 64 valence electrons. The Morgan fingerprint density at radius 1 is 1.18 bits per heavy atom. The second-order valence-electron chi connectivity index (χ2n) is 3.79. The molecular weight excluding hydrogens is 133 g/mol. The van der Waals surface area contributed by atoms with Gasteiger partial charge in [-0.2, -0.15) is 0 Å². The van der Waals surface area contributed by atoms with Crippen LogP contribution in [-0.2, 0) is 0 Å². The van der Waals surface area contributed by atoms with E-state index in [2.05, 4.69) is 0 Å². The van der Waals surface area contributed by atoms with Crippen molar-refractivity contribution in [2.24, 2.45) is 11.7 Å². The van der Waals surface area contributed by atoms with E-state index >= 15 is 0 Å². The maximum absolute atomic E-state index is 5.44. The molecule has 0 radical (unpaired) electrons. The molecule has 0 heterocycles. The van der Waals surface area contributed by atoms with Crippen molar-refractivity contribution in [2.75, 3.05) is 6.54 Å². The van der Waals surface area contributed by atoms with E-state index in [-0.39, 0.29) is 0 Å². The average Bonchev–Trinajstić information content (AvgIpc) is 2.07. The Balaban J connectivity index is 1.96. The number of hydrogen-bond acceptors (Lipinski definition) is 1. The second-order valence-corrected chi connectivity index (χ2v) is 3.79. The molecule has 0 amide bonds. The van der Waals surface area contributed by atoms with Crippen LogP contribution in [0.3, 0.4) is 0 Å². The van der Waals surface area contributed by atoms with Gasteiger partial charge in [-0.1, -0.05) is 44.7 Å². The van der Waals surface area contributed by atoms with Gasteiger partial charge in [0, 0.05) is 0 Å². The molecule has 0 saturated heterocycles. The van der Waals surface area contributed by atoms with Gasteiger partial charge in [-0.3, -0.25) is 0 Å². The van der Waals surface area contributed by atoms with Gasteiger partial charge in [0.25, 0.3) is 0 Å². The Labute approximate surface area is 71.0 Å². The van der Waals surface area contributed by atoms with Gasteiger partial charge in [-0.15, -0.1) is 0 Å². The highest BCUT2D eigenvalue weighted by Crippen LogP contribution is 2.26. The minimum atomic E-state index is 0.882. The fourth-order valence-corrected chi connectivity index (χ4v) is 2.05. The smallest absolute Gasteiger partial charge is 0.122 e. The van der Waals surface area contributed by atoms with Crippen molar-refractivity contribution in [1.29, 1.82) is 0 Å². The van der Waals surface area contributed by atoms with Gasteiger partial charge in [0.1, 0.15) is 7.28 Å². The van der Waals surface area contributed by atoms with Gasteiger partial charge in [-0.25, -0.2) is 0 Å². The van der Waals surface area contributed by atoms with Crippen molar-refractivity contribution in [3.8, 4) is 0 Å². The van der Waals surface area contributed by atoms with E-state index in [1.165, 1.54) is 52.0 Å². The summed E-state index contributed by atoms with van der Waals surface area (Å²) < 4.78 is 0. The van der Waals surface area contributed by atoms with Crippen LogP contribution in [0.1, 0.15) is 32.1 Å². The van der Waals surface area contributed by atoms with Gasteiger partial charge >= 0.3 is 0 Å². The first-order chi connectivity index (χ1) is 5.43. The zero-order chi connectivity index (χ0) is 7.94. The topological polar surface area (TPSA) is 26.0 Å².